The molecule has 4 rings (SSSR count). The van der Waals surface area contributed by atoms with E-state index in [0.717, 1.165) is 33.0 Å². The van der Waals surface area contributed by atoms with Crippen molar-refractivity contribution in [2.24, 2.45) is 0 Å². The molecule has 0 N–H and O–H groups in total. The maximum Gasteiger partial charge on any atom is 0.339 e. The Hall–Kier alpha value is -3.80. The zero-order valence-electron chi connectivity index (χ0n) is 19.3. The predicted molar refractivity (Wildman–Crippen MR) is 129 cm³/mol. The Balaban J connectivity index is 1.45. The average Bonchev–Trinajstić information content (AvgIpc) is 2.82. The molecular weight excluding hydrogens is 418 g/mol. The molecule has 170 valence electrons. The lowest BCUT2D eigenvalue weighted by atomic mass is 10.0. The molecule has 0 saturated heterocycles. The van der Waals surface area contributed by atoms with Crippen LogP contribution in [-0.2, 0) is 17.8 Å². The molecular formula is C27H27NO5. The fraction of sp³-hybridized carbons (Fsp3) is 0.259. The number of carbonyl (C=O) groups excluding carboxylic acids is 1. The largest absolute Gasteiger partial charge is 0.497 e. The number of nitrogens with zero attached hydrogens (tertiary/aromatic N) is 1. The molecule has 1 aromatic heterocycles. The fourth-order valence-electron chi connectivity index (χ4n) is 4.07. The quantitative estimate of drug-likeness (QED) is 0.380. The topological polar surface area (TPSA) is 69.0 Å². The number of hydrogen-bond acceptors (Lipinski definition) is 5. The average molecular weight is 446 g/mol. The molecule has 3 aromatic carbocycles. The number of carbonyl (C=O) groups is 1. The van der Waals surface area contributed by atoms with Crippen LogP contribution in [0.1, 0.15) is 23.1 Å². The predicted octanol–water partition coefficient (Wildman–Crippen LogP) is 4.86. The lowest BCUT2D eigenvalue weighted by molar-refractivity contribution is -0.130. The van der Waals surface area contributed by atoms with Crippen molar-refractivity contribution < 1.29 is 18.7 Å². The molecule has 6 heteroatoms. The highest BCUT2D eigenvalue weighted by molar-refractivity contribution is 5.85. The third kappa shape index (κ3) is 4.70. The van der Waals surface area contributed by atoms with Gasteiger partial charge < -0.3 is 18.8 Å². The van der Waals surface area contributed by atoms with Gasteiger partial charge in [0, 0.05) is 37.0 Å². The van der Waals surface area contributed by atoms with Gasteiger partial charge in [0.05, 0.1) is 14.2 Å². The van der Waals surface area contributed by atoms with Crippen LogP contribution in [0.15, 0.2) is 63.8 Å². The minimum Gasteiger partial charge on any atom is -0.497 e. The molecule has 0 atom stereocenters. The van der Waals surface area contributed by atoms with Gasteiger partial charge in [-0.2, -0.15) is 0 Å². The number of methoxy groups -OCH3 is 2. The van der Waals surface area contributed by atoms with Gasteiger partial charge in [-0.1, -0.05) is 18.2 Å². The molecule has 0 aliphatic rings. The monoisotopic (exact) mass is 445 g/mol. The van der Waals surface area contributed by atoms with E-state index < -0.39 is 5.63 Å². The summed E-state index contributed by atoms with van der Waals surface area (Å²) in [5.74, 6) is 1.41. The maximum absolute atomic E-state index is 12.8. The van der Waals surface area contributed by atoms with Crippen LogP contribution in [0.4, 0.5) is 0 Å². The highest BCUT2D eigenvalue weighted by atomic mass is 16.5. The number of fused-ring (bicyclic) bond motifs is 2. The Morgan fingerprint density at radius 2 is 1.61 bits per heavy atom. The third-order valence-electron chi connectivity index (χ3n) is 6.04. The summed E-state index contributed by atoms with van der Waals surface area (Å²) in [5.41, 5.74) is 2.49. The first-order valence-electron chi connectivity index (χ1n) is 10.8. The number of benzene rings is 3. The summed E-state index contributed by atoms with van der Waals surface area (Å²) in [6.45, 7) is 2.38. The molecule has 0 bridgehead atoms. The molecule has 33 heavy (non-hydrogen) atoms. The summed E-state index contributed by atoms with van der Waals surface area (Å²) in [4.78, 5) is 27.0. The van der Waals surface area contributed by atoms with E-state index in [1.165, 1.54) is 0 Å². The summed E-state index contributed by atoms with van der Waals surface area (Å²) >= 11 is 0. The van der Waals surface area contributed by atoms with Gasteiger partial charge in [0.15, 0.2) is 0 Å². The minimum absolute atomic E-state index is 0.0292. The van der Waals surface area contributed by atoms with E-state index >= 15 is 0 Å². The Bertz CT molecular complexity index is 1390. The normalized spacial score (nSPS) is 11.0. The van der Waals surface area contributed by atoms with E-state index in [1.807, 2.05) is 49.4 Å². The summed E-state index contributed by atoms with van der Waals surface area (Å²) in [6.07, 6.45) is 0.561. The Kier molecular flexibility index (Phi) is 6.36. The van der Waals surface area contributed by atoms with Gasteiger partial charge in [0.1, 0.15) is 17.1 Å². The highest BCUT2D eigenvalue weighted by Crippen LogP contribution is 2.25. The molecule has 0 aliphatic heterocycles. The van der Waals surface area contributed by atoms with Crippen molar-refractivity contribution in [3.63, 3.8) is 0 Å². The van der Waals surface area contributed by atoms with E-state index in [0.29, 0.717) is 29.9 Å². The van der Waals surface area contributed by atoms with Crippen molar-refractivity contribution >= 4 is 27.6 Å². The van der Waals surface area contributed by atoms with Crippen molar-refractivity contribution in [1.29, 1.82) is 0 Å². The molecule has 1 amide bonds. The molecule has 0 fully saturated rings. The van der Waals surface area contributed by atoms with Crippen LogP contribution in [0.2, 0.25) is 0 Å². The van der Waals surface area contributed by atoms with E-state index in [9.17, 15) is 9.59 Å². The maximum atomic E-state index is 12.8. The van der Waals surface area contributed by atoms with Gasteiger partial charge in [0.2, 0.25) is 5.91 Å². The van der Waals surface area contributed by atoms with Crippen molar-refractivity contribution in [3.05, 3.63) is 81.7 Å². The molecule has 0 saturated carbocycles. The molecule has 4 aromatic rings. The molecule has 1 heterocycles. The Morgan fingerprint density at radius 1 is 0.939 bits per heavy atom. The molecule has 0 radical (unpaired) electrons. The molecule has 0 aliphatic carbocycles. The van der Waals surface area contributed by atoms with Gasteiger partial charge in [-0.15, -0.1) is 0 Å². The summed E-state index contributed by atoms with van der Waals surface area (Å²) < 4.78 is 16.0. The molecule has 0 unspecified atom stereocenters. The van der Waals surface area contributed by atoms with Crippen molar-refractivity contribution in [1.82, 2.24) is 4.90 Å². The van der Waals surface area contributed by atoms with Crippen molar-refractivity contribution in [2.45, 2.75) is 26.3 Å². The van der Waals surface area contributed by atoms with Crippen LogP contribution in [0.5, 0.6) is 11.5 Å². The zero-order chi connectivity index (χ0) is 23.5. The van der Waals surface area contributed by atoms with Crippen LogP contribution in [0, 0.1) is 6.92 Å². The second-order valence-corrected chi connectivity index (χ2v) is 8.15. The van der Waals surface area contributed by atoms with Crippen LogP contribution >= 0.6 is 0 Å². The first kappa shape index (κ1) is 22.4. The second-order valence-electron chi connectivity index (χ2n) is 8.15. The standard InChI is InChI=1S/C27H27NO5/c1-17-23-10-9-22(32-4)15-25(23)33-27(30)24(17)11-12-26(29)28(2)16-18-5-6-20-14-21(31-3)8-7-19(20)13-18/h5-10,13-15H,11-12,16H2,1-4H3. The molecule has 0 spiro atoms. The summed E-state index contributed by atoms with van der Waals surface area (Å²) in [7, 11) is 5.00. The highest BCUT2D eigenvalue weighted by Gasteiger charge is 2.16. The second kappa shape index (κ2) is 9.36. The van der Waals surface area contributed by atoms with Crippen molar-refractivity contribution in [3.8, 4) is 11.5 Å². The smallest absolute Gasteiger partial charge is 0.339 e. The third-order valence-corrected chi connectivity index (χ3v) is 6.04. The number of aryl methyl sites for hydroxylation is 1. The number of rotatable bonds is 7. The van der Waals surface area contributed by atoms with Crippen LogP contribution in [0.25, 0.3) is 21.7 Å². The molecule has 6 nitrogen and oxygen atoms in total. The number of ether oxygens (including phenoxy) is 2. The van der Waals surface area contributed by atoms with E-state index in [2.05, 4.69) is 6.07 Å². The van der Waals surface area contributed by atoms with Gasteiger partial charge in [0.25, 0.3) is 0 Å². The fourth-order valence-corrected chi connectivity index (χ4v) is 4.07. The number of hydrogen-bond donors (Lipinski definition) is 0. The van der Waals surface area contributed by atoms with Crippen molar-refractivity contribution in [2.75, 3.05) is 21.3 Å². The number of amides is 1. The van der Waals surface area contributed by atoms with Crippen LogP contribution in [-0.4, -0.2) is 32.1 Å². The van der Waals surface area contributed by atoms with Gasteiger partial charge >= 0.3 is 5.63 Å². The zero-order valence-corrected chi connectivity index (χ0v) is 19.3. The lowest BCUT2D eigenvalue weighted by Crippen LogP contribution is -2.27. The van der Waals surface area contributed by atoms with Crippen LogP contribution in [0.3, 0.4) is 0 Å². The Labute approximate surface area is 192 Å². The van der Waals surface area contributed by atoms with E-state index in [4.69, 9.17) is 13.9 Å². The Morgan fingerprint density at radius 3 is 2.36 bits per heavy atom. The first-order valence-corrected chi connectivity index (χ1v) is 10.8. The first-order chi connectivity index (χ1) is 15.9. The lowest BCUT2D eigenvalue weighted by Gasteiger charge is -2.18. The van der Waals surface area contributed by atoms with Gasteiger partial charge in [-0.3, -0.25) is 4.79 Å². The van der Waals surface area contributed by atoms with Crippen LogP contribution < -0.4 is 15.1 Å². The summed E-state index contributed by atoms with van der Waals surface area (Å²) in [5, 5.41) is 3.03. The van der Waals surface area contributed by atoms with Gasteiger partial charge in [-0.05, 0) is 65.6 Å². The van der Waals surface area contributed by atoms with E-state index in [-0.39, 0.29) is 12.3 Å². The van der Waals surface area contributed by atoms with E-state index in [1.54, 1.807) is 32.2 Å². The van der Waals surface area contributed by atoms with Gasteiger partial charge in [-0.25, -0.2) is 4.79 Å². The minimum atomic E-state index is -0.409. The summed E-state index contributed by atoms with van der Waals surface area (Å²) in [6, 6.07) is 17.5. The SMILES string of the molecule is COc1ccc2cc(CN(C)C(=O)CCc3c(C)c4ccc(OC)cc4oc3=O)ccc2c1.